The topological polar surface area (TPSA) is 66.8 Å². The van der Waals surface area contributed by atoms with Crippen LogP contribution in [0.2, 0.25) is 0 Å². The molecule has 1 atom stereocenters. The average molecular weight is 467 g/mol. The minimum Gasteiger partial charge on any atom is -0.490 e. The molecule has 0 saturated carbocycles. The lowest BCUT2D eigenvalue weighted by molar-refractivity contribution is -0.120. The van der Waals surface area contributed by atoms with Crippen LogP contribution in [0.15, 0.2) is 52.5 Å². The van der Waals surface area contributed by atoms with E-state index in [1.807, 2.05) is 12.1 Å². The quantitative estimate of drug-likeness (QED) is 0.594. The molecule has 1 aromatic heterocycles. The van der Waals surface area contributed by atoms with Gasteiger partial charge in [-0.25, -0.2) is 14.4 Å². The molecule has 0 aliphatic carbocycles. The predicted molar refractivity (Wildman–Crippen MR) is 129 cm³/mol. The number of ether oxygens (including phenoxy) is 1. The number of aromatic nitrogens is 1. The number of aliphatic imine (C=N–C) groups is 1. The maximum atomic E-state index is 13.6. The maximum absolute atomic E-state index is 13.6. The van der Waals surface area contributed by atoms with Crippen molar-refractivity contribution in [3.63, 3.8) is 0 Å². The highest BCUT2D eigenvalue weighted by atomic mass is 32.2. The van der Waals surface area contributed by atoms with Crippen molar-refractivity contribution in [2.75, 3.05) is 32.8 Å². The van der Waals surface area contributed by atoms with Crippen molar-refractivity contribution >= 4 is 35.3 Å². The third-order valence-electron chi connectivity index (χ3n) is 6.34. The molecule has 1 saturated heterocycles. The van der Waals surface area contributed by atoms with E-state index in [1.165, 1.54) is 6.07 Å². The Labute approximate surface area is 197 Å². The minimum atomic E-state index is -0.314. The largest absolute Gasteiger partial charge is 0.490 e. The first kappa shape index (κ1) is 22.1. The van der Waals surface area contributed by atoms with Gasteiger partial charge in [-0.1, -0.05) is 18.2 Å². The van der Waals surface area contributed by atoms with Crippen LogP contribution in [0.4, 0.5) is 10.2 Å². The van der Waals surface area contributed by atoms with Crippen LogP contribution in [-0.4, -0.2) is 60.0 Å². The smallest absolute Gasteiger partial charge is 0.237 e. The lowest BCUT2D eigenvalue weighted by atomic mass is 9.96. The number of carbonyl (C=O) groups excluding carboxylic acids is 1. The summed E-state index contributed by atoms with van der Waals surface area (Å²) in [4.78, 5) is 24.9. The molecule has 1 N–H and O–H groups in total. The van der Waals surface area contributed by atoms with E-state index in [-0.39, 0.29) is 17.0 Å². The fraction of sp³-hybridized carbons (Fsp3) is 0.400. The highest BCUT2D eigenvalue weighted by Gasteiger charge is 2.29. The molecule has 0 bridgehead atoms. The second-order valence-electron chi connectivity index (χ2n) is 8.59. The van der Waals surface area contributed by atoms with Crippen LogP contribution in [0.1, 0.15) is 24.8 Å². The van der Waals surface area contributed by atoms with Crippen molar-refractivity contribution in [3.8, 4) is 5.75 Å². The third kappa shape index (κ3) is 5.12. The molecule has 8 heteroatoms. The van der Waals surface area contributed by atoms with Crippen LogP contribution in [0.25, 0.3) is 5.57 Å². The summed E-state index contributed by atoms with van der Waals surface area (Å²) in [6.45, 7) is 4.20. The number of hydrogen-bond acceptors (Lipinski definition) is 6. The molecule has 1 fully saturated rings. The first-order valence-electron chi connectivity index (χ1n) is 11.5. The molecule has 6 nitrogen and oxygen atoms in total. The summed E-state index contributed by atoms with van der Waals surface area (Å²) in [5, 5.41) is 2.93. The number of carbonyl (C=O) groups is 1. The SMILES string of the molecule is O=C(NCC1CCN(CCCOc2ccccc2F)CC1)C1C=C2C=Nc3nccc(c32)S1. The number of rotatable bonds is 8. The lowest BCUT2D eigenvalue weighted by Gasteiger charge is -2.32. The zero-order chi connectivity index (χ0) is 22.6. The Morgan fingerprint density at radius 2 is 2.09 bits per heavy atom. The van der Waals surface area contributed by atoms with Gasteiger partial charge in [-0.2, -0.15) is 0 Å². The van der Waals surface area contributed by atoms with Crippen molar-refractivity contribution in [2.24, 2.45) is 10.9 Å². The molecule has 4 heterocycles. The fourth-order valence-corrected chi connectivity index (χ4v) is 5.62. The number of likely N-dealkylation sites (tertiary alicyclic amines) is 1. The molecule has 3 aliphatic heterocycles. The zero-order valence-corrected chi connectivity index (χ0v) is 19.2. The first-order chi connectivity index (χ1) is 16.2. The second kappa shape index (κ2) is 10.1. The van der Waals surface area contributed by atoms with E-state index in [1.54, 1.807) is 42.4 Å². The molecule has 3 aliphatic rings. The number of benzene rings is 1. The van der Waals surface area contributed by atoms with Crippen LogP contribution < -0.4 is 10.1 Å². The highest BCUT2D eigenvalue weighted by Crippen LogP contribution is 2.43. The predicted octanol–water partition coefficient (Wildman–Crippen LogP) is 4.09. The van der Waals surface area contributed by atoms with Crippen molar-refractivity contribution in [1.82, 2.24) is 15.2 Å². The van der Waals surface area contributed by atoms with E-state index < -0.39 is 0 Å². The Morgan fingerprint density at radius 3 is 2.94 bits per heavy atom. The summed E-state index contributed by atoms with van der Waals surface area (Å²) in [6.07, 6.45) is 8.55. The molecular formula is C25H27FN4O2S. The van der Waals surface area contributed by atoms with Gasteiger partial charge >= 0.3 is 0 Å². The number of nitrogens with one attached hydrogen (secondary N) is 1. The second-order valence-corrected chi connectivity index (χ2v) is 9.77. The van der Waals surface area contributed by atoms with Crippen molar-refractivity contribution in [1.29, 1.82) is 0 Å². The van der Waals surface area contributed by atoms with E-state index in [2.05, 4.69) is 20.2 Å². The van der Waals surface area contributed by atoms with Crippen molar-refractivity contribution in [3.05, 3.63) is 54.0 Å². The molecule has 0 radical (unpaired) electrons. The first-order valence-corrected chi connectivity index (χ1v) is 12.3. The van der Waals surface area contributed by atoms with E-state index in [0.29, 0.717) is 24.8 Å². The molecule has 1 unspecified atom stereocenters. The number of hydrogen-bond donors (Lipinski definition) is 1. The lowest BCUT2D eigenvalue weighted by Crippen LogP contribution is -2.41. The number of amides is 1. The normalized spacial score (nSPS) is 19.8. The summed E-state index contributed by atoms with van der Waals surface area (Å²) in [5.41, 5.74) is 2.05. The van der Waals surface area contributed by atoms with Crippen LogP contribution in [0.3, 0.4) is 0 Å². The van der Waals surface area contributed by atoms with Gasteiger partial charge in [0.05, 0.1) is 6.61 Å². The Morgan fingerprint density at radius 1 is 1.24 bits per heavy atom. The molecule has 1 aromatic carbocycles. The molecular weight excluding hydrogens is 439 g/mol. The number of allylic oxidation sites excluding steroid dienone is 1. The van der Waals surface area contributed by atoms with Crippen LogP contribution in [0, 0.1) is 11.7 Å². The number of nitrogens with zero attached hydrogens (tertiary/aromatic N) is 3. The van der Waals surface area contributed by atoms with E-state index in [9.17, 15) is 9.18 Å². The molecule has 172 valence electrons. The van der Waals surface area contributed by atoms with Crippen molar-refractivity contribution in [2.45, 2.75) is 29.4 Å². The number of pyridine rings is 1. The highest BCUT2D eigenvalue weighted by molar-refractivity contribution is 8.01. The molecule has 0 spiro atoms. The van der Waals surface area contributed by atoms with E-state index in [4.69, 9.17) is 4.74 Å². The van der Waals surface area contributed by atoms with Crippen LogP contribution in [-0.2, 0) is 4.79 Å². The Kier molecular flexibility index (Phi) is 6.73. The summed E-state index contributed by atoms with van der Waals surface area (Å²) < 4.78 is 19.1. The van der Waals surface area contributed by atoms with Gasteiger partial charge < -0.3 is 15.0 Å². The standard InChI is InChI=1S/C25H27FN4O2S/c26-19-4-1-2-5-20(19)32-13-3-10-30-11-7-17(8-12-30)15-29-25(31)22-14-18-16-28-24-23(18)21(33-22)6-9-27-24/h1-2,4-6,9,14,16-17,22H,3,7-8,10-13,15H2,(H,29,31). The van der Waals surface area contributed by atoms with Gasteiger partial charge in [-0.3, -0.25) is 4.79 Å². The van der Waals surface area contributed by atoms with E-state index >= 15 is 0 Å². The van der Waals surface area contributed by atoms with Gasteiger partial charge in [0.15, 0.2) is 17.4 Å². The number of thioether (sulfide) groups is 1. The Hall–Kier alpha value is -2.71. The Bertz CT molecular complexity index is 1080. The van der Waals surface area contributed by atoms with Crippen LogP contribution in [0.5, 0.6) is 5.75 Å². The Balaban J connectivity index is 1.01. The van der Waals surface area contributed by atoms with Crippen LogP contribution >= 0.6 is 11.8 Å². The average Bonchev–Trinajstić information content (AvgIpc) is 3.26. The molecule has 5 rings (SSSR count). The number of halogens is 1. The fourth-order valence-electron chi connectivity index (χ4n) is 4.48. The molecule has 1 amide bonds. The van der Waals surface area contributed by atoms with E-state index in [0.717, 1.165) is 60.7 Å². The monoisotopic (exact) mass is 466 g/mol. The summed E-state index contributed by atoms with van der Waals surface area (Å²) in [6, 6.07) is 8.47. The molecule has 2 aromatic rings. The number of piperidine rings is 1. The molecule has 33 heavy (non-hydrogen) atoms. The summed E-state index contributed by atoms with van der Waals surface area (Å²) >= 11 is 1.57. The van der Waals surface area contributed by atoms with Gasteiger partial charge in [-0.15, -0.1) is 11.8 Å². The minimum absolute atomic E-state index is 0.0598. The zero-order valence-electron chi connectivity index (χ0n) is 18.4. The summed E-state index contributed by atoms with van der Waals surface area (Å²) in [5.74, 6) is 1.31. The van der Waals surface area contributed by atoms with Gasteiger partial charge in [0, 0.05) is 41.5 Å². The third-order valence-corrected chi connectivity index (χ3v) is 7.53. The number of para-hydroxylation sites is 1. The summed E-state index contributed by atoms with van der Waals surface area (Å²) in [7, 11) is 0. The van der Waals surface area contributed by atoms with Gasteiger partial charge in [0.1, 0.15) is 5.25 Å². The van der Waals surface area contributed by atoms with Gasteiger partial charge in [0.25, 0.3) is 0 Å². The van der Waals surface area contributed by atoms with Gasteiger partial charge in [-0.05, 0) is 56.5 Å². The van der Waals surface area contributed by atoms with Gasteiger partial charge in [0.2, 0.25) is 5.91 Å². The van der Waals surface area contributed by atoms with Crippen molar-refractivity contribution < 1.29 is 13.9 Å². The maximum Gasteiger partial charge on any atom is 0.237 e.